The standard InChI is InChI=1S/C24H15Cl2N3/c25-21-10-9-17(12-22(21)26)16-7-4-8-18(11-16)19-13-23(15-5-2-1-3-6-15)29-24(28)20(19)14-27/h1-13H,(H2,28,29). The van der Waals surface area contributed by atoms with Crippen LogP contribution < -0.4 is 5.73 Å². The van der Waals surface area contributed by atoms with E-state index in [1.165, 1.54) is 0 Å². The number of nitrogens with two attached hydrogens (primary N) is 1. The average Bonchev–Trinajstić information content (AvgIpc) is 2.76. The van der Waals surface area contributed by atoms with E-state index in [2.05, 4.69) is 11.1 Å². The third-order valence-corrected chi connectivity index (χ3v) is 5.39. The molecule has 3 nitrogen and oxygen atoms in total. The van der Waals surface area contributed by atoms with E-state index in [1.54, 1.807) is 6.07 Å². The number of halogens is 2. The number of hydrogen-bond acceptors (Lipinski definition) is 3. The number of nitrogen functional groups attached to an aromatic ring is 1. The van der Waals surface area contributed by atoms with Gasteiger partial charge in [-0.25, -0.2) is 4.98 Å². The summed E-state index contributed by atoms with van der Waals surface area (Å²) in [6.07, 6.45) is 0. The Hall–Kier alpha value is -3.32. The fourth-order valence-corrected chi connectivity index (χ4v) is 3.51. The van der Waals surface area contributed by atoms with Crippen molar-refractivity contribution in [1.29, 1.82) is 5.26 Å². The lowest BCUT2D eigenvalue weighted by Crippen LogP contribution is -1.99. The zero-order chi connectivity index (χ0) is 20.4. The predicted octanol–water partition coefficient (Wildman–Crippen LogP) is 6.84. The molecule has 140 valence electrons. The van der Waals surface area contributed by atoms with Crippen LogP contribution in [0.3, 0.4) is 0 Å². The molecule has 0 radical (unpaired) electrons. The quantitative estimate of drug-likeness (QED) is 0.398. The highest BCUT2D eigenvalue weighted by Gasteiger charge is 2.14. The first kappa shape index (κ1) is 19.0. The van der Waals surface area contributed by atoms with Crippen LogP contribution in [0.4, 0.5) is 5.82 Å². The van der Waals surface area contributed by atoms with E-state index in [1.807, 2.05) is 72.8 Å². The van der Waals surface area contributed by atoms with Crippen molar-refractivity contribution in [1.82, 2.24) is 4.98 Å². The first-order chi connectivity index (χ1) is 14.1. The van der Waals surface area contributed by atoms with Crippen LogP contribution in [0.15, 0.2) is 78.9 Å². The van der Waals surface area contributed by atoms with E-state index in [-0.39, 0.29) is 5.82 Å². The van der Waals surface area contributed by atoms with E-state index in [9.17, 15) is 5.26 Å². The molecule has 0 amide bonds. The van der Waals surface area contributed by atoms with Crippen molar-refractivity contribution < 1.29 is 0 Å². The number of aromatic nitrogens is 1. The van der Waals surface area contributed by atoms with Crippen LogP contribution in [0, 0.1) is 11.3 Å². The fourth-order valence-electron chi connectivity index (χ4n) is 3.21. The molecule has 0 fully saturated rings. The van der Waals surface area contributed by atoms with Gasteiger partial charge in [0.25, 0.3) is 0 Å². The molecule has 0 saturated heterocycles. The van der Waals surface area contributed by atoms with Crippen LogP contribution in [0.1, 0.15) is 5.56 Å². The SMILES string of the molecule is N#Cc1c(-c2cccc(-c3ccc(Cl)c(Cl)c3)c2)cc(-c2ccccc2)nc1N. The molecular formula is C24H15Cl2N3. The van der Waals surface area contributed by atoms with Crippen molar-refractivity contribution in [2.24, 2.45) is 0 Å². The summed E-state index contributed by atoms with van der Waals surface area (Å²) in [4.78, 5) is 4.43. The summed E-state index contributed by atoms with van der Waals surface area (Å²) in [6.45, 7) is 0. The van der Waals surface area contributed by atoms with Crippen molar-refractivity contribution in [3.05, 3.63) is 94.5 Å². The summed E-state index contributed by atoms with van der Waals surface area (Å²) in [7, 11) is 0. The van der Waals surface area contributed by atoms with Crippen molar-refractivity contribution in [3.63, 3.8) is 0 Å². The normalized spacial score (nSPS) is 10.5. The highest BCUT2D eigenvalue weighted by atomic mass is 35.5. The molecule has 0 unspecified atom stereocenters. The summed E-state index contributed by atoms with van der Waals surface area (Å²) < 4.78 is 0. The fraction of sp³-hybridized carbons (Fsp3) is 0. The smallest absolute Gasteiger partial charge is 0.142 e. The molecule has 4 rings (SSSR count). The third kappa shape index (κ3) is 3.82. The van der Waals surface area contributed by atoms with Crippen LogP contribution in [-0.2, 0) is 0 Å². The number of anilines is 1. The predicted molar refractivity (Wildman–Crippen MR) is 120 cm³/mol. The Morgan fingerprint density at radius 2 is 1.41 bits per heavy atom. The Kier molecular flexibility index (Phi) is 5.22. The number of nitriles is 1. The molecule has 0 saturated carbocycles. The van der Waals surface area contributed by atoms with Gasteiger partial charge in [-0.3, -0.25) is 0 Å². The van der Waals surface area contributed by atoms with Gasteiger partial charge in [0.15, 0.2) is 0 Å². The van der Waals surface area contributed by atoms with Gasteiger partial charge >= 0.3 is 0 Å². The van der Waals surface area contributed by atoms with E-state index >= 15 is 0 Å². The highest BCUT2D eigenvalue weighted by molar-refractivity contribution is 6.42. The van der Waals surface area contributed by atoms with Gasteiger partial charge < -0.3 is 5.73 Å². The maximum absolute atomic E-state index is 9.67. The zero-order valence-corrected chi connectivity index (χ0v) is 16.7. The molecule has 0 bridgehead atoms. The largest absolute Gasteiger partial charge is 0.383 e. The number of pyridine rings is 1. The molecule has 5 heteroatoms. The molecule has 3 aromatic carbocycles. The van der Waals surface area contributed by atoms with Gasteiger partial charge in [-0.05, 0) is 41.0 Å². The van der Waals surface area contributed by atoms with E-state index in [4.69, 9.17) is 28.9 Å². The van der Waals surface area contributed by atoms with Crippen LogP contribution in [0.5, 0.6) is 0 Å². The molecule has 0 aliphatic rings. The first-order valence-electron chi connectivity index (χ1n) is 8.88. The molecule has 4 aromatic rings. The molecule has 1 heterocycles. The minimum atomic E-state index is 0.212. The maximum Gasteiger partial charge on any atom is 0.142 e. The zero-order valence-electron chi connectivity index (χ0n) is 15.2. The second-order valence-electron chi connectivity index (χ2n) is 6.50. The highest BCUT2D eigenvalue weighted by Crippen LogP contribution is 2.34. The van der Waals surface area contributed by atoms with Gasteiger partial charge in [-0.2, -0.15) is 5.26 Å². The monoisotopic (exact) mass is 415 g/mol. The van der Waals surface area contributed by atoms with Crippen LogP contribution in [0.2, 0.25) is 10.0 Å². The van der Waals surface area contributed by atoms with Gasteiger partial charge in [0.05, 0.1) is 15.7 Å². The number of nitrogens with zero attached hydrogens (tertiary/aromatic N) is 2. The van der Waals surface area contributed by atoms with Gasteiger partial charge in [0.2, 0.25) is 0 Å². The van der Waals surface area contributed by atoms with E-state index in [0.29, 0.717) is 15.6 Å². The molecule has 0 spiro atoms. The van der Waals surface area contributed by atoms with Crippen molar-refractivity contribution in [2.75, 3.05) is 5.73 Å². The van der Waals surface area contributed by atoms with Crippen LogP contribution >= 0.6 is 23.2 Å². The Balaban J connectivity index is 1.87. The van der Waals surface area contributed by atoms with E-state index < -0.39 is 0 Å². The van der Waals surface area contributed by atoms with Gasteiger partial charge in [0, 0.05) is 11.1 Å². The second kappa shape index (κ2) is 7.97. The molecule has 0 aliphatic heterocycles. The molecule has 2 N–H and O–H groups in total. The summed E-state index contributed by atoms with van der Waals surface area (Å²) in [5.74, 6) is 0.212. The summed E-state index contributed by atoms with van der Waals surface area (Å²) in [6, 6.07) is 27.2. The third-order valence-electron chi connectivity index (χ3n) is 4.66. The second-order valence-corrected chi connectivity index (χ2v) is 7.32. The Labute approximate surface area is 179 Å². The number of benzene rings is 3. The Bertz CT molecular complexity index is 1240. The number of rotatable bonds is 3. The average molecular weight is 416 g/mol. The van der Waals surface area contributed by atoms with Gasteiger partial charge in [0.1, 0.15) is 17.5 Å². The lowest BCUT2D eigenvalue weighted by Gasteiger charge is -2.12. The molecule has 1 aromatic heterocycles. The topological polar surface area (TPSA) is 62.7 Å². The minimum Gasteiger partial charge on any atom is -0.383 e. The maximum atomic E-state index is 9.67. The Morgan fingerprint density at radius 1 is 0.724 bits per heavy atom. The van der Waals surface area contributed by atoms with Gasteiger partial charge in [-0.15, -0.1) is 0 Å². The van der Waals surface area contributed by atoms with Gasteiger partial charge in [-0.1, -0.05) is 77.8 Å². The van der Waals surface area contributed by atoms with Crippen molar-refractivity contribution >= 4 is 29.0 Å². The van der Waals surface area contributed by atoms with Crippen molar-refractivity contribution in [3.8, 4) is 39.6 Å². The first-order valence-corrected chi connectivity index (χ1v) is 9.64. The minimum absolute atomic E-state index is 0.212. The molecular weight excluding hydrogens is 401 g/mol. The lowest BCUT2D eigenvalue weighted by molar-refractivity contribution is 1.31. The molecule has 0 atom stereocenters. The molecule has 29 heavy (non-hydrogen) atoms. The molecule has 0 aliphatic carbocycles. The van der Waals surface area contributed by atoms with Crippen LogP contribution in [0.25, 0.3) is 33.5 Å². The Morgan fingerprint density at radius 3 is 2.14 bits per heavy atom. The van der Waals surface area contributed by atoms with Crippen LogP contribution in [-0.4, -0.2) is 4.98 Å². The number of hydrogen-bond donors (Lipinski definition) is 1. The summed E-state index contributed by atoms with van der Waals surface area (Å²) in [5, 5.41) is 10.7. The van der Waals surface area contributed by atoms with E-state index in [0.717, 1.165) is 33.5 Å². The lowest BCUT2D eigenvalue weighted by atomic mass is 9.95. The van der Waals surface area contributed by atoms with Crippen molar-refractivity contribution in [2.45, 2.75) is 0 Å². The summed E-state index contributed by atoms with van der Waals surface area (Å²) >= 11 is 12.2. The summed E-state index contributed by atoms with van der Waals surface area (Å²) in [5.41, 5.74) is 11.6.